The smallest absolute Gasteiger partial charge is 0.349 e. The van der Waals surface area contributed by atoms with Gasteiger partial charge in [0.15, 0.2) is 0 Å². The summed E-state index contributed by atoms with van der Waals surface area (Å²) in [6.45, 7) is 1.81. The van der Waals surface area contributed by atoms with Gasteiger partial charge in [-0.3, -0.25) is 4.79 Å². The van der Waals surface area contributed by atoms with E-state index < -0.39 is 23.8 Å². The molecule has 0 saturated carbocycles. The number of carbonyl (C=O) groups is 2. The summed E-state index contributed by atoms with van der Waals surface area (Å²) in [6, 6.07) is 16.0. The summed E-state index contributed by atoms with van der Waals surface area (Å²) in [5.74, 6) is -1.46. The Morgan fingerprint density at radius 3 is 2.35 bits per heavy atom. The van der Waals surface area contributed by atoms with Crippen LogP contribution in [0.5, 0.6) is 0 Å². The number of nitrogens with one attached hydrogen (secondary N) is 1. The molecule has 2 aromatic carbocycles. The van der Waals surface area contributed by atoms with Crippen molar-refractivity contribution >= 4 is 28.9 Å². The van der Waals surface area contributed by atoms with Gasteiger partial charge in [-0.05, 0) is 48.2 Å². The van der Waals surface area contributed by atoms with Crippen LogP contribution in [0.25, 0.3) is 0 Å². The third kappa shape index (κ3) is 4.15. The van der Waals surface area contributed by atoms with Gasteiger partial charge < -0.3 is 10.1 Å². The first kappa shape index (κ1) is 17.8. The average molecular weight is 369 g/mol. The number of esters is 1. The van der Waals surface area contributed by atoms with Crippen molar-refractivity contribution in [1.29, 1.82) is 0 Å². The second kappa shape index (κ2) is 7.93. The lowest BCUT2D eigenvalue weighted by molar-refractivity contribution is -0.125. The molecule has 132 valence electrons. The first-order valence-corrected chi connectivity index (χ1v) is 8.79. The fourth-order valence-electron chi connectivity index (χ4n) is 2.38. The van der Waals surface area contributed by atoms with Crippen molar-refractivity contribution in [2.45, 2.75) is 13.0 Å². The van der Waals surface area contributed by atoms with E-state index in [9.17, 15) is 14.0 Å². The molecule has 1 aromatic heterocycles. The van der Waals surface area contributed by atoms with Crippen molar-refractivity contribution in [2.24, 2.45) is 0 Å². The van der Waals surface area contributed by atoms with Crippen LogP contribution in [-0.4, -0.2) is 11.9 Å². The fourth-order valence-corrected chi connectivity index (χ4v) is 3.19. The Kier molecular flexibility index (Phi) is 5.43. The maximum absolute atomic E-state index is 13.0. The largest absolute Gasteiger partial charge is 0.443 e. The minimum atomic E-state index is -1.12. The summed E-state index contributed by atoms with van der Waals surface area (Å²) in [5.41, 5.74) is 1.76. The number of aryl methyl sites for hydroxylation is 1. The lowest BCUT2D eigenvalue weighted by Gasteiger charge is -2.18. The second-order valence-corrected chi connectivity index (χ2v) is 6.54. The predicted molar refractivity (Wildman–Crippen MR) is 98.7 cm³/mol. The highest BCUT2D eigenvalue weighted by atomic mass is 32.1. The molecule has 1 atom stereocenters. The molecule has 26 heavy (non-hydrogen) atoms. The van der Waals surface area contributed by atoms with Gasteiger partial charge in [-0.1, -0.05) is 30.3 Å². The number of hydrogen-bond donors (Lipinski definition) is 1. The lowest BCUT2D eigenvalue weighted by atomic mass is 10.1. The second-order valence-electron chi connectivity index (χ2n) is 5.62. The Balaban J connectivity index is 1.83. The maximum Gasteiger partial charge on any atom is 0.349 e. The molecule has 0 aliphatic rings. The van der Waals surface area contributed by atoms with Gasteiger partial charge in [-0.15, -0.1) is 11.3 Å². The minimum Gasteiger partial charge on any atom is -0.443 e. The van der Waals surface area contributed by atoms with Crippen molar-refractivity contribution in [2.75, 3.05) is 5.32 Å². The Morgan fingerprint density at radius 2 is 1.73 bits per heavy atom. The monoisotopic (exact) mass is 369 g/mol. The zero-order chi connectivity index (χ0) is 18.5. The zero-order valence-corrected chi connectivity index (χ0v) is 14.8. The average Bonchev–Trinajstić information content (AvgIpc) is 3.08. The number of hydrogen-bond acceptors (Lipinski definition) is 4. The molecular formula is C20H16FNO3S. The number of anilines is 1. The van der Waals surface area contributed by atoms with E-state index in [1.165, 1.54) is 35.6 Å². The molecule has 3 aromatic rings. The molecule has 3 rings (SSSR count). The van der Waals surface area contributed by atoms with Crippen LogP contribution in [0.15, 0.2) is 66.0 Å². The standard InChI is InChI=1S/C20H16FNO3S/c1-13-11-12-26-18(13)20(24)25-17(14-5-3-2-4-6-14)19(23)22-16-9-7-15(21)8-10-16/h2-12,17H,1H3,(H,22,23)/t17-/m1/s1. The number of ether oxygens (including phenoxy) is 1. The molecule has 1 amide bonds. The zero-order valence-electron chi connectivity index (χ0n) is 13.9. The van der Waals surface area contributed by atoms with Crippen LogP contribution in [0.3, 0.4) is 0 Å². The highest BCUT2D eigenvalue weighted by Gasteiger charge is 2.26. The van der Waals surface area contributed by atoms with Crippen LogP contribution in [0, 0.1) is 12.7 Å². The molecule has 0 bridgehead atoms. The van der Waals surface area contributed by atoms with Crippen LogP contribution in [0.1, 0.15) is 26.9 Å². The SMILES string of the molecule is Cc1ccsc1C(=O)O[C@@H](C(=O)Nc1ccc(F)cc1)c1ccccc1. The maximum atomic E-state index is 13.0. The summed E-state index contributed by atoms with van der Waals surface area (Å²) in [7, 11) is 0. The van der Waals surface area contributed by atoms with E-state index in [2.05, 4.69) is 5.32 Å². The van der Waals surface area contributed by atoms with E-state index in [4.69, 9.17) is 4.74 Å². The molecule has 1 heterocycles. The van der Waals surface area contributed by atoms with Crippen LogP contribution in [-0.2, 0) is 9.53 Å². The number of amides is 1. The molecule has 1 N–H and O–H groups in total. The summed E-state index contributed by atoms with van der Waals surface area (Å²) in [5, 5.41) is 4.45. The van der Waals surface area contributed by atoms with Crippen LogP contribution >= 0.6 is 11.3 Å². The van der Waals surface area contributed by atoms with Gasteiger partial charge in [0.1, 0.15) is 10.7 Å². The van der Waals surface area contributed by atoms with E-state index in [1.807, 2.05) is 19.1 Å². The van der Waals surface area contributed by atoms with E-state index in [0.717, 1.165) is 5.56 Å². The Labute approximate surface area is 154 Å². The topological polar surface area (TPSA) is 55.4 Å². The van der Waals surface area contributed by atoms with E-state index >= 15 is 0 Å². The van der Waals surface area contributed by atoms with Gasteiger partial charge in [0.2, 0.25) is 6.10 Å². The molecule has 0 aliphatic carbocycles. The van der Waals surface area contributed by atoms with Gasteiger partial charge in [0.05, 0.1) is 0 Å². The summed E-state index contributed by atoms with van der Waals surface area (Å²) >= 11 is 1.26. The number of benzene rings is 2. The van der Waals surface area contributed by atoms with Gasteiger partial charge in [0, 0.05) is 11.3 Å². The van der Waals surface area contributed by atoms with Crippen molar-refractivity contribution in [3.8, 4) is 0 Å². The predicted octanol–water partition coefficient (Wildman–Crippen LogP) is 4.73. The molecule has 0 saturated heterocycles. The quantitative estimate of drug-likeness (QED) is 0.662. The molecule has 0 fully saturated rings. The third-order valence-electron chi connectivity index (χ3n) is 3.72. The van der Waals surface area contributed by atoms with Crippen LogP contribution in [0.2, 0.25) is 0 Å². The van der Waals surface area contributed by atoms with Crippen molar-refractivity contribution in [3.63, 3.8) is 0 Å². The van der Waals surface area contributed by atoms with E-state index in [0.29, 0.717) is 16.1 Å². The Hall–Kier alpha value is -2.99. The third-order valence-corrected chi connectivity index (χ3v) is 4.72. The van der Waals surface area contributed by atoms with Gasteiger partial charge >= 0.3 is 5.97 Å². The van der Waals surface area contributed by atoms with Crippen LogP contribution in [0.4, 0.5) is 10.1 Å². The molecular weight excluding hydrogens is 353 g/mol. The molecule has 0 radical (unpaired) electrons. The van der Waals surface area contributed by atoms with Crippen molar-refractivity contribution < 1.29 is 18.7 Å². The number of carbonyl (C=O) groups excluding carboxylic acids is 2. The number of rotatable bonds is 5. The van der Waals surface area contributed by atoms with Gasteiger partial charge in [-0.2, -0.15) is 0 Å². The Bertz CT molecular complexity index is 906. The van der Waals surface area contributed by atoms with E-state index in [-0.39, 0.29) is 0 Å². The fraction of sp³-hybridized carbons (Fsp3) is 0.100. The molecule has 6 heteroatoms. The number of halogens is 1. The van der Waals surface area contributed by atoms with Crippen molar-refractivity contribution in [1.82, 2.24) is 0 Å². The normalized spacial score (nSPS) is 11.6. The molecule has 4 nitrogen and oxygen atoms in total. The van der Waals surface area contributed by atoms with Gasteiger partial charge in [-0.25, -0.2) is 9.18 Å². The first-order valence-electron chi connectivity index (χ1n) is 7.91. The highest BCUT2D eigenvalue weighted by Crippen LogP contribution is 2.24. The molecule has 0 spiro atoms. The number of thiophene rings is 1. The summed E-state index contributed by atoms with van der Waals surface area (Å²) < 4.78 is 18.5. The van der Waals surface area contributed by atoms with Crippen LogP contribution < -0.4 is 5.32 Å². The first-order chi connectivity index (χ1) is 12.5. The Morgan fingerprint density at radius 1 is 1.04 bits per heavy atom. The van der Waals surface area contributed by atoms with E-state index in [1.54, 1.807) is 29.6 Å². The summed E-state index contributed by atoms with van der Waals surface area (Å²) in [4.78, 5) is 25.6. The lowest BCUT2D eigenvalue weighted by Crippen LogP contribution is -2.25. The molecule has 0 unspecified atom stereocenters. The van der Waals surface area contributed by atoms with Crippen molar-refractivity contribution in [3.05, 3.63) is 87.9 Å². The van der Waals surface area contributed by atoms with Gasteiger partial charge in [0.25, 0.3) is 5.91 Å². The molecule has 0 aliphatic heterocycles. The highest BCUT2D eigenvalue weighted by molar-refractivity contribution is 7.12. The minimum absolute atomic E-state index is 0.401. The summed E-state index contributed by atoms with van der Waals surface area (Å²) in [6.07, 6.45) is -1.12.